The number of hydrogen-bond donors (Lipinski definition) is 2. The topological polar surface area (TPSA) is 77.2 Å². The van der Waals surface area contributed by atoms with Crippen LogP contribution in [-0.2, 0) is 11.0 Å². The summed E-state index contributed by atoms with van der Waals surface area (Å²) in [5, 5.41) is 2.69. The van der Waals surface area contributed by atoms with Gasteiger partial charge in [0.15, 0.2) is 11.6 Å². The lowest BCUT2D eigenvalue weighted by atomic mass is 10.2. The van der Waals surface area contributed by atoms with Crippen molar-refractivity contribution in [2.75, 3.05) is 5.32 Å². The lowest BCUT2D eigenvalue weighted by Crippen LogP contribution is -2.32. The number of nitrogens with zero attached hydrogens (tertiary/aromatic N) is 1. The van der Waals surface area contributed by atoms with Crippen molar-refractivity contribution in [1.29, 1.82) is 0 Å². The smallest absolute Gasteiger partial charge is 0.417 e. The van der Waals surface area contributed by atoms with E-state index in [0.29, 0.717) is 11.9 Å². The summed E-state index contributed by atoms with van der Waals surface area (Å²) >= 11 is 0. The minimum absolute atomic E-state index is 0.187. The number of carbonyl (C=O) groups is 1. The molecular weight excluding hydrogens is 330 g/mol. The van der Waals surface area contributed by atoms with Gasteiger partial charge in [-0.2, -0.15) is 13.2 Å². The molecule has 1 aromatic carbocycles. The molecule has 128 valence electrons. The first-order valence-electron chi connectivity index (χ1n) is 6.73. The van der Waals surface area contributed by atoms with Crippen molar-refractivity contribution in [3.63, 3.8) is 0 Å². The summed E-state index contributed by atoms with van der Waals surface area (Å²) in [6.45, 7) is 1.51. The van der Waals surface area contributed by atoms with Gasteiger partial charge in [0.25, 0.3) is 0 Å². The standard InChI is InChI=1S/C15H13F4N3O2/c1-8(14(20)23)22-10-3-4-12(11(16)6-10)24-13-5-2-9(7-21-13)15(17,18)19/h2-8,22H,1H3,(H2,20,23)/t8-/m0/s1. The molecule has 1 amide bonds. The number of nitrogens with two attached hydrogens (primary N) is 1. The highest BCUT2D eigenvalue weighted by Crippen LogP contribution is 2.31. The molecule has 0 spiro atoms. The Hall–Kier alpha value is -2.84. The summed E-state index contributed by atoms with van der Waals surface area (Å²) in [5.74, 6) is -1.80. The van der Waals surface area contributed by atoms with Gasteiger partial charge in [0.1, 0.15) is 6.04 Å². The van der Waals surface area contributed by atoms with E-state index in [-0.39, 0.29) is 11.6 Å². The van der Waals surface area contributed by atoms with Crippen LogP contribution < -0.4 is 15.8 Å². The van der Waals surface area contributed by atoms with Gasteiger partial charge >= 0.3 is 6.18 Å². The Bertz CT molecular complexity index is 732. The highest BCUT2D eigenvalue weighted by Gasteiger charge is 2.30. The Morgan fingerprint density at radius 3 is 2.50 bits per heavy atom. The number of ether oxygens (including phenoxy) is 1. The highest BCUT2D eigenvalue weighted by atomic mass is 19.4. The molecule has 1 heterocycles. The maximum absolute atomic E-state index is 14.0. The average molecular weight is 343 g/mol. The zero-order valence-corrected chi connectivity index (χ0v) is 12.4. The molecule has 0 aliphatic rings. The van der Waals surface area contributed by atoms with E-state index in [1.54, 1.807) is 0 Å². The number of aromatic nitrogens is 1. The zero-order chi connectivity index (χ0) is 17.9. The fourth-order valence-electron chi connectivity index (χ4n) is 1.72. The fraction of sp³-hybridized carbons (Fsp3) is 0.200. The van der Waals surface area contributed by atoms with Crippen molar-refractivity contribution in [3.05, 3.63) is 47.9 Å². The van der Waals surface area contributed by atoms with E-state index in [1.165, 1.54) is 19.1 Å². The molecule has 0 bridgehead atoms. The number of alkyl halides is 3. The van der Waals surface area contributed by atoms with Gasteiger partial charge in [-0.05, 0) is 25.1 Å². The largest absolute Gasteiger partial charge is 0.436 e. The maximum Gasteiger partial charge on any atom is 0.417 e. The number of hydrogen-bond acceptors (Lipinski definition) is 4. The lowest BCUT2D eigenvalue weighted by Gasteiger charge is -2.13. The molecule has 5 nitrogen and oxygen atoms in total. The normalized spacial score (nSPS) is 12.5. The van der Waals surface area contributed by atoms with E-state index in [9.17, 15) is 22.4 Å². The summed E-state index contributed by atoms with van der Waals surface area (Å²) in [6.07, 6.45) is -3.92. The summed E-state index contributed by atoms with van der Waals surface area (Å²) < 4.78 is 56.4. The van der Waals surface area contributed by atoms with Gasteiger partial charge in [0, 0.05) is 24.0 Å². The van der Waals surface area contributed by atoms with Crippen LogP contribution in [0.4, 0.5) is 23.2 Å². The third kappa shape index (κ3) is 4.34. The third-order valence-electron chi connectivity index (χ3n) is 3.02. The van der Waals surface area contributed by atoms with Gasteiger partial charge in [0.05, 0.1) is 5.56 Å². The zero-order valence-electron chi connectivity index (χ0n) is 12.4. The minimum atomic E-state index is -4.51. The Morgan fingerprint density at radius 1 is 1.29 bits per heavy atom. The molecule has 2 aromatic rings. The maximum atomic E-state index is 14.0. The second-order valence-corrected chi connectivity index (χ2v) is 4.90. The molecule has 0 aliphatic heterocycles. The summed E-state index contributed by atoms with van der Waals surface area (Å²) in [6, 6.07) is 4.83. The Balaban J connectivity index is 2.11. The number of primary amides is 1. The number of nitrogens with one attached hydrogen (secondary N) is 1. The molecule has 0 unspecified atom stereocenters. The number of amides is 1. The molecule has 0 aliphatic carbocycles. The molecule has 1 atom stereocenters. The first-order chi connectivity index (χ1) is 11.2. The Morgan fingerprint density at radius 2 is 2.00 bits per heavy atom. The van der Waals surface area contributed by atoms with E-state index in [0.717, 1.165) is 18.2 Å². The quantitative estimate of drug-likeness (QED) is 0.817. The van der Waals surface area contributed by atoms with Crippen LogP contribution in [0, 0.1) is 5.82 Å². The van der Waals surface area contributed by atoms with Gasteiger partial charge in [-0.3, -0.25) is 4.79 Å². The summed E-state index contributed by atoms with van der Waals surface area (Å²) in [7, 11) is 0. The SMILES string of the molecule is C[C@H](Nc1ccc(Oc2ccc(C(F)(F)F)cn2)c(F)c1)C(N)=O. The third-order valence-corrected chi connectivity index (χ3v) is 3.02. The first-order valence-corrected chi connectivity index (χ1v) is 6.73. The molecule has 24 heavy (non-hydrogen) atoms. The number of pyridine rings is 1. The molecule has 0 radical (unpaired) electrons. The fourth-order valence-corrected chi connectivity index (χ4v) is 1.72. The number of benzene rings is 1. The Kier molecular flexibility index (Phi) is 4.91. The monoisotopic (exact) mass is 343 g/mol. The summed E-state index contributed by atoms with van der Waals surface area (Å²) in [4.78, 5) is 14.4. The van der Waals surface area contributed by atoms with Crippen LogP contribution in [0.25, 0.3) is 0 Å². The molecule has 0 saturated carbocycles. The van der Waals surface area contributed by atoms with Crippen LogP contribution in [0.1, 0.15) is 12.5 Å². The van der Waals surface area contributed by atoms with E-state index in [4.69, 9.17) is 10.5 Å². The van der Waals surface area contributed by atoms with Crippen LogP contribution >= 0.6 is 0 Å². The van der Waals surface area contributed by atoms with Crippen LogP contribution in [0.5, 0.6) is 11.6 Å². The molecule has 0 saturated heterocycles. The van der Waals surface area contributed by atoms with Crippen molar-refractivity contribution in [3.8, 4) is 11.6 Å². The van der Waals surface area contributed by atoms with Gasteiger partial charge in [-0.15, -0.1) is 0 Å². The molecule has 2 rings (SSSR count). The van der Waals surface area contributed by atoms with Crippen LogP contribution in [0.3, 0.4) is 0 Å². The van der Waals surface area contributed by atoms with Crippen molar-refractivity contribution in [2.24, 2.45) is 5.73 Å². The molecule has 9 heteroatoms. The highest BCUT2D eigenvalue weighted by molar-refractivity contribution is 5.82. The van der Waals surface area contributed by atoms with Gasteiger partial charge in [-0.25, -0.2) is 9.37 Å². The van der Waals surface area contributed by atoms with Crippen LogP contribution in [-0.4, -0.2) is 16.9 Å². The number of anilines is 1. The van der Waals surface area contributed by atoms with Crippen molar-refractivity contribution >= 4 is 11.6 Å². The Labute approximate surface area is 134 Å². The first kappa shape index (κ1) is 17.5. The predicted octanol–water partition coefficient (Wildman–Crippen LogP) is 3.32. The molecular formula is C15H13F4N3O2. The predicted molar refractivity (Wildman–Crippen MR) is 78.0 cm³/mol. The van der Waals surface area contributed by atoms with Gasteiger partial charge < -0.3 is 15.8 Å². The second-order valence-electron chi connectivity index (χ2n) is 4.90. The summed E-state index contributed by atoms with van der Waals surface area (Å²) in [5.41, 5.74) is 4.45. The average Bonchev–Trinajstić information content (AvgIpc) is 2.49. The molecule has 0 fully saturated rings. The van der Waals surface area contributed by atoms with Crippen molar-refractivity contribution < 1.29 is 27.1 Å². The molecule has 1 aromatic heterocycles. The van der Waals surface area contributed by atoms with E-state index >= 15 is 0 Å². The molecule has 3 N–H and O–H groups in total. The van der Waals surface area contributed by atoms with Crippen LogP contribution in [0.15, 0.2) is 36.5 Å². The second kappa shape index (κ2) is 6.73. The van der Waals surface area contributed by atoms with E-state index in [1.807, 2.05) is 0 Å². The van der Waals surface area contributed by atoms with Gasteiger partial charge in [0.2, 0.25) is 11.8 Å². The number of rotatable bonds is 5. The van der Waals surface area contributed by atoms with Crippen molar-refractivity contribution in [2.45, 2.75) is 19.1 Å². The lowest BCUT2D eigenvalue weighted by molar-refractivity contribution is -0.137. The number of carbonyl (C=O) groups excluding carboxylic acids is 1. The minimum Gasteiger partial charge on any atom is -0.436 e. The van der Waals surface area contributed by atoms with Crippen molar-refractivity contribution in [1.82, 2.24) is 4.98 Å². The van der Waals surface area contributed by atoms with E-state index in [2.05, 4.69) is 10.3 Å². The van der Waals surface area contributed by atoms with Gasteiger partial charge in [-0.1, -0.05) is 0 Å². The number of halogens is 4. The van der Waals surface area contributed by atoms with Crippen LogP contribution in [0.2, 0.25) is 0 Å². The van der Waals surface area contributed by atoms with E-state index < -0.39 is 29.5 Å².